The van der Waals surface area contributed by atoms with E-state index in [1.807, 2.05) is 30.3 Å². The number of carbonyl (C=O) groups is 3. The third-order valence-corrected chi connectivity index (χ3v) is 3.17. The van der Waals surface area contributed by atoms with Gasteiger partial charge in [0.1, 0.15) is 24.4 Å². The third kappa shape index (κ3) is 7.04. The normalized spacial score (nSPS) is 9.85. The molecule has 0 aromatic heterocycles. The monoisotopic (exact) mass is 357 g/mol. The topological polar surface area (TPSA) is 90.9 Å². The first kappa shape index (κ1) is 19.0. The molecule has 2 aromatic carbocycles. The summed E-state index contributed by atoms with van der Waals surface area (Å²) in [7, 11) is 0. The van der Waals surface area contributed by atoms with Gasteiger partial charge in [-0.15, -0.1) is 0 Å². The highest BCUT2D eigenvalue weighted by Gasteiger charge is 2.08. The Bertz CT molecular complexity index is 715. The predicted molar refractivity (Wildman–Crippen MR) is 93.2 cm³/mol. The molecule has 1 N–H and O–H groups in total. The Labute approximate surface area is 150 Å². The van der Waals surface area contributed by atoms with Crippen molar-refractivity contribution in [2.75, 3.05) is 26.4 Å². The number of rotatable bonds is 10. The summed E-state index contributed by atoms with van der Waals surface area (Å²) in [6, 6.07) is 15.5. The molecule has 0 heterocycles. The summed E-state index contributed by atoms with van der Waals surface area (Å²) in [6.45, 7) is -0.114. The summed E-state index contributed by atoms with van der Waals surface area (Å²) in [6.07, 6.45) is 0.710. The lowest BCUT2D eigenvalue weighted by Crippen LogP contribution is -2.32. The van der Waals surface area contributed by atoms with Gasteiger partial charge in [-0.1, -0.05) is 18.2 Å². The molecule has 0 spiro atoms. The molecule has 136 valence electrons. The number of para-hydroxylation sites is 1. The molecule has 0 aliphatic carbocycles. The van der Waals surface area contributed by atoms with Crippen molar-refractivity contribution in [3.8, 4) is 11.5 Å². The van der Waals surface area contributed by atoms with Crippen LogP contribution < -0.4 is 14.8 Å². The molecule has 26 heavy (non-hydrogen) atoms. The Morgan fingerprint density at radius 1 is 0.885 bits per heavy atom. The number of benzene rings is 2. The number of esters is 1. The van der Waals surface area contributed by atoms with E-state index in [0.717, 1.165) is 0 Å². The second kappa shape index (κ2) is 10.5. The van der Waals surface area contributed by atoms with Crippen molar-refractivity contribution < 1.29 is 28.6 Å². The Balaban J connectivity index is 1.56. The maximum absolute atomic E-state index is 11.6. The standard InChI is InChI=1S/C19H19NO6/c21-12-15-6-8-17(9-7-15)25-14-19(23)26-13-18(22)20-10-11-24-16-4-2-1-3-5-16/h1-9,12H,10-11,13-14H2,(H,20,22). The molecule has 0 atom stereocenters. The second-order valence-corrected chi connectivity index (χ2v) is 5.15. The SMILES string of the molecule is O=Cc1ccc(OCC(=O)OCC(=O)NCCOc2ccccc2)cc1. The smallest absolute Gasteiger partial charge is 0.344 e. The van der Waals surface area contributed by atoms with Gasteiger partial charge in [0.05, 0.1) is 6.54 Å². The van der Waals surface area contributed by atoms with E-state index in [1.165, 1.54) is 0 Å². The average molecular weight is 357 g/mol. The minimum Gasteiger partial charge on any atom is -0.492 e. The van der Waals surface area contributed by atoms with Gasteiger partial charge in [-0.25, -0.2) is 4.79 Å². The average Bonchev–Trinajstić information content (AvgIpc) is 2.69. The fourth-order valence-electron chi connectivity index (χ4n) is 1.90. The van der Waals surface area contributed by atoms with Crippen LogP contribution >= 0.6 is 0 Å². The van der Waals surface area contributed by atoms with Crippen molar-refractivity contribution >= 4 is 18.2 Å². The lowest BCUT2D eigenvalue weighted by atomic mass is 10.2. The van der Waals surface area contributed by atoms with E-state index in [9.17, 15) is 14.4 Å². The van der Waals surface area contributed by atoms with Crippen LogP contribution in [0, 0.1) is 0 Å². The lowest BCUT2D eigenvalue weighted by Gasteiger charge is -2.09. The summed E-state index contributed by atoms with van der Waals surface area (Å²) in [5.41, 5.74) is 0.507. The second-order valence-electron chi connectivity index (χ2n) is 5.15. The molecular weight excluding hydrogens is 338 g/mol. The molecule has 0 fully saturated rings. The molecule has 2 aromatic rings. The van der Waals surface area contributed by atoms with Gasteiger partial charge in [0, 0.05) is 5.56 Å². The van der Waals surface area contributed by atoms with Gasteiger partial charge in [-0.2, -0.15) is 0 Å². The number of ether oxygens (including phenoxy) is 3. The first-order valence-electron chi connectivity index (χ1n) is 7.95. The number of carbonyl (C=O) groups excluding carboxylic acids is 3. The molecule has 0 saturated heterocycles. The van der Waals surface area contributed by atoms with Crippen molar-refractivity contribution in [2.24, 2.45) is 0 Å². The Morgan fingerprint density at radius 3 is 2.27 bits per heavy atom. The van der Waals surface area contributed by atoms with Gasteiger partial charge in [-0.05, 0) is 36.4 Å². The van der Waals surface area contributed by atoms with E-state index in [4.69, 9.17) is 14.2 Å². The number of nitrogens with one attached hydrogen (secondary N) is 1. The van der Waals surface area contributed by atoms with Gasteiger partial charge >= 0.3 is 5.97 Å². The Hall–Kier alpha value is -3.35. The van der Waals surface area contributed by atoms with E-state index >= 15 is 0 Å². The molecule has 7 nitrogen and oxygen atoms in total. The van der Waals surface area contributed by atoms with Crippen LogP contribution in [0.2, 0.25) is 0 Å². The Morgan fingerprint density at radius 2 is 1.58 bits per heavy atom. The molecular formula is C19H19NO6. The first-order valence-corrected chi connectivity index (χ1v) is 7.95. The van der Waals surface area contributed by atoms with Crippen molar-refractivity contribution in [3.05, 3.63) is 60.2 Å². The van der Waals surface area contributed by atoms with Crippen molar-refractivity contribution in [1.29, 1.82) is 0 Å². The van der Waals surface area contributed by atoms with Gasteiger partial charge in [0.15, 0.2) is 13.2 Å². The highest BCUT2D eigenvalue weighted by molar-refractivity contribution is 5.80. The highest BCUT2D eigenvalue weighted by atomic mass is 16.6. The molecule has 0 aliphatic heterocycles. The fourth-order valence-corrected chi connectivity index (χ4v) is 1.90. The Kier molecular flexibility index (Phi) is 7.67. The van der Waals surface area contributed by atoms with Gasteiger partial charge < -0.3 is 19.5 Å². The first-order chi connectivity index (χ1) is 12.7. The zero-order valence-electron chi connectivity index (χ0n) is 14.1. The summed E-state index contributed by atoms with van der Waals surface area (Å²) in [4.78, 5) is 33.7. The lowest BCUT2D eigenvalue weighted by molar-refractivity contribution is -0.150. The number of hydrogen-bond acceptors (Lipinski definition) is 6. The summed E-state index contributed by atoms with van der Waals surface area (Å²) >= 11 is 0. The largest absolute Gasteiger partial charge is 0.492 e. The van der Waals surface area contributed by atoms with Gasteiger partial charge in [0.2, 0.25) is 0 Å². The summed E-state index contributed by atoms with van der Waals surface area (Å²) in [5, 5.41) is 2.58. The van der Waals surface area contributed by atoms with E-state index in [0.29, 0.717) is 36.5 Å². The van der Waals surface area contributed by atoms with Crippen LogP contribution in [0.15, 0.2) is 54.6 Å². The van der Waals surface area contributed by atoms with Crippen LogP contribution in [0.3, 0.4) is 0 Å². The number of amides is 1. The minimum absolute atomic E-state index is 0.296. The van der Waals surface area contributed by atoms with E-state index < -0.39 is 18.5 Å². The van der Waals surface area contributed by atoms with Crippen LogP contribution in [-0.2, 0) is 14.3 Å². The molecule has 0 radical (unpaired) electrons. The zero-order valence-corrected chi connectivity index (χ0v) is 14.1. The van der Waals surface area contributed by atoms with E-state index in [1.54, 1.807) is 24.3 Å². The van der Waals surface area contributed by atoms with Crippen LogP contribution in [-0.4, -0.2) is 44.5 Å². The van der Waals surface area contributed by atoms with Crippen LogP contribution in [0.25, 0.3) is 0 Å². The molecule has 2 rings (SSSR count). The molecule has 0 unspecified atom stereocenters. The van der Waals surface area contributed by atoms with Crippen LogP contribution in [0.1, 0.15) is 10.4 Å². The maximum Gasteiger partial charge on any atom is 0.344 e. The van der Waals surface area contributed by atoms with Crippen molar-refractivity contribution in [2.45, 2.75) is 0 Å². The summed E-state index contributed by atoms with van der Waals surface area (Å²) in [5.74, 6) is 0.0482. The minimum atomic E-state index is -0.667. The van der Waals surface area contributed by atoms with Crippen molar-refractivity contribution in [3.63, 3.8) is 0 Å². The van der Waals surface area contributed by atoms with Gasteiger partial charge in [0.25, 0.3) is 5.91 Å². The quantitative estimate of drug-likeness (QED) is 0.395. The predicted octanol–water partition coefficient (Wildman–Crippen LogP) is 1.62. The molecule has 0 bridgehead atoms. The van der Waals surface area contributed by atoms with Crippen molar-refractivity contribution in [1.82, 2.24) is 5.32 Å². The van der Waals surface area contributed by atoms with E-state index in [-0.39, 0.29) is 6.61 Å². The van der Waals surface area contributed by atoms with Crippen LogP contribution in [0.4, 0.5) is 0 Å². The maximum atomic E-state index is 11.6. The summed E-state index contributed by atoms with van der Waals surface area (Å²) < 4.78 is 15.4. The number of aldehydes is 1. The molecule has 0 saturated carbocycles. The zero-order chi connectivity index (χ0) is 18.6. The molecule has 0 aliphatic rings. The molecule has 1 amide bonds. The fraction of sp³-hybridized carbons (Fsp3) is 0.211. The molecule has 7 heteroatoms. The van der Waals surface area contributed by atoms with Gasteiger partial charge in [-0.3, -0.25) is 9.59 Å². The van der Waals surface area contributed by atoms with Crippen LogP contribution in [0.5, 0.6) is 11.5 Å². The van der Waals surface area contributed by atoms with E-state index in [2.05, 4.69) is 5.32 Å². The third-order valence-electron chi connectivity index (χ3n) is 3.17. The highest BCUT2D eigenvalue weighted by Crippen LogP contribution is 2.11. The number of hydrogen-bond donors (Lipinski definition) is 1.